The minimum Gasteiger partial charge on any atom is -0.389 e. The van der Waals surface area contributed by atoms with E-state index in [0.717, 1.165) is 11.0 Å². The van der Waals surface area contributed by atoms with Crippen molar-refractivity contribution in [1.82, 2.24) is 0 Å². The third kappa shape index (κ3) is 3.13. The van der Waals surface area contributed by atoms with Gasteiger partial charge in [0.1, 0.15) is 5.82 Å². The Morgan fingerprint density at radius 3 is 2.44 bits per heavy atom. The topological polar surface area (TPSA) is 23.5 Å². The van der Waals surface area contributed by atoms with Crippen molar-refractivity contribution in [3.8, 4) is 0 Å². The molecule has 90 valence electrons. The molecule has 0 unspecified atom stereocenters. The molecule has 16 heavy (non-hydrogen) atoms. The van der Waals surface area contributed by atoms with Crippen LogP contribution in [0, 0.1) is 5.82 Å². The molecule has 0 spiro atoms. The van der Waals surface area contributed by atoms with Crippen molar-refractivity contribution in [2.24, 2.45) is 0 Å². The minimum absolute atomic E-state index is 0.102. The van der Waals surface area contributed by atoms with Gasteiger partial charge >= 0.3 is 0 Å². The summed E-state index contributed by atoms with van der Waals surface area (Å²) >= 11 is 0. The predicted octanol–water partition coefficient (Wildman–Crippen LogP) is 2.58. The van der Waals surface area contributed by atoms with Gasteiger partial charge in [-0.3, -0.25) is 0 Å². The summed E-state index contributed by atoms with van der Waals surface area (Å²) in [5, 5.41) is 9.22. The van der Waals surface area contributed by atoms with Gasteiger partial charge in [0, 0.05) is 7.05 Å². The number of halogens is 3. The second-order valence-electron chi connectivity index (χ2n) is 3.66. The Labute approximate surface area is 92.3 Å². The summed E-state index contributed by atoms with van der Waals surface area (Å²) in [7, 11) is 1.40. The molecule has 0 aromatic heterocycles. The van der Waals surface area contributed by atoms with E-state index in [1.807, 2.05) is 0 Å². The quantitative estimate of drug-likeness (QED) is 0.864. The van der Waals surface area contributed by atoms with Crippen molar-refractivity contribution >= 4 is 5.69 Å². The normalized spacial score (nSPS) is 12.9. The van der Waals surface area contributed by atoms with Crippen molar-refractivity contribution in [1.29, 1.82) is 0 Å². The van der Waals surface area contributed by atoms with Gasteiger partial charge in [-0.05, 0) is 24.6 Å². The Kier molecular flexibility index (Phi) is 4.18. The van der Waals surface area contributed by atoms with E-state index in [0.29, 0.717) is 5.56 Å². The highest BCUT2D eigenvalue weighted by atomic mass is 19.3. The van der Waals surface area contributed by atoms with E-state index in [1.165, 1.54) is 26.1 Å². The molecule has 5 heteroatoms. The molecule has 0 saturated carbocycles. The van der Waals surface area contributed by atoms with Gasteiger partial charge in [-0.2, -0.15) is 0 Å². The molecule has 0 aliphatic carbocycles. The van der Waals surface area contributed by atoms with Crippen molar-refractivity contribution in [2.75, 3.05) is 18.5 Å². The van der Waals surface area contributed by atoms with Crippen LogP contribution < -0.4 is 4.90 Å². The summed E-state index contributed by atoms with van der Waals surface area (Å²) in [4.78, 5) is 1.14. The first-order valence-corrected chi connectivity index (χ1v) is 4.88. The van der Waals surface area contributed by atoms with Crippen LogP contribution in [0.1, 0.15) is 18.6 Å². The molecule has 1 N–H and O–H groups in total. The predicted molar refractivity (Wildman–Crippen MR) is 56.3 cm³/mol. The Balaban J connectivity index is 2.90. The lowest BCUT2D eigenvalue weighted by atomic mass is 10.1. The molecule has 2 nitrogen and oxygen atoms in total. The third-order valence-electron chi connectivity index (χ3n) is 2.28. The van der Waals surface area contributed by atoms with Crippen LogP contribution in [0.15, 0.2) is 18.2 Å². The molecule has 0 bridgehead atoms. The van der Waals surface area contributed by atoms with Gasteiger partial charge in [0.05, 0.1) is 18.3 Å². The summed E-state index contributed by atoms with van der Waals surface area (Å²) in [5.41, 5.74) is 0.524. The molecule has 0 fully saturated rings. The molecule has 1 rings (SSSR count). The molecule has 0 aliphatic rings. The summed E-state index contributed by atoms with van der Waals surface area (Å²) in [5.74, 6) is -0.610. The number of anilines is 1. The number of aliphatic hydroxyl groups is 1. The van der Waals surface area contributed by atoms with Crippen LogP contribution in [0.5, 0.6) is 0 Å². The van der Waals surface area contributed by atoms with E-state index in [4.69, 9.17) is 0 Å². The van der Waals surface area contributed by atoms with Crippen LogP contribution in [0.4, 0.5) is 18.9 Å². The second kappa shape index (κ2) is 5.21. The zero-order chi connectivity index (χ0) is 12.3. The average molecular weight is 233 g/mol. The molecular formula is C11H14F3NO. The lowest BCUT2D eigenvalue weighted by Gasteiger charge is -2.20. The van der Waals surface area contributed by atoms with Crippen molar-refractivity contribution in [2.45, 2.75) is 19.5 Å². The van der Waals surface area contributed by atoms with Gasteiger partial charge in [0.15, 0.2) is 0 Å². The highest BCUT2D eigenvalue weighted by molar-refractivity contribution is 5.48. The van der Waals surface area contributed by atoms with Gasteiger partial charge in [-0.25, -0.2) is 13.2 Å². The SMILES string of the molecule is C[C@H](O)c1ccc(N(C)CC(F)F)c(F)c1. The molecule has 0 aliphatic heterocycles. The largest absolute Gasteiger partial charge is 0.389 e. The number of benzene rings is 1. The van der Waals surface area contributed by atoms with Crippen LogP contribution in [0.3, 0.4) is 0 Å². The Morgan fingerprint density at radius 1 is 1.38 bits per heavy atom. The van der Waals surface area contributed by atoms with E-state index >= 15 is 0 Å². The molecule has 1 aromatic carbocycles. The number of hydrogen-bond donors (Lipinski definition) is 1. The summed E-state index contributed by atoms with van der Waals surface area (Å²) in [6.45, 7) is 0.988. The highest BCUT2D eigenvalue weighted by Gasteiger charge is 2.13. The lowest BCUT2D eigenvalue weighted by Crippen LogP contribution is -2.24. The average Bonchev–Trinajstić information content (AvgIpc) is 2.15. The summed E-state index contributed by atoms with van der Waals surface area (Å²) in [6, 6.07) is 4.06. The van der Waals surface area contributed by atoms with Gasteiger partial charge in [0.2, 0.25) is 0 Å². The maximum Gasteiger partial charge on any atom is 0.255 e. The van der Waals surface area contributed by atoms with Crippen LogP contribution in [0.25, 0.3) is 0 Å². The fraction of sp³-hybridized carbons (Fsp3) is 0.455. The standard InChI is InChI=1S/C11H14F3NO/c1-7(16)8-3-4-10(9(12)5-8)15(2)6-11(13)14/h3-5,7,11,16H,6H2,1-2H3/t7-/m0/s1. The minimum atomic E-state index is -2.51. The number of alkyl halides is 2. The van der Waals surface area contributed by atoms with Crippen LogP contribution in [-0.2, 0) is 0 Å². The van der Waals surface area contributed by atoms with E-state index < -0.39 is 24.9 Å². The Morgan fingerprint density at radius 2 is 2.00 bits per heavy atom. The fourth-order valence-corrected chi connectivity index (χ4v) is 1.40. The Hall–Kier alpha value is -1.23. The molecule has 1 atom stereocenters. The van der Waals surface area contributed by atoms with E-state index in [2.05, 4.69) is 0 Å². The lowest BCUT2D eigenvalue weighted by molar-refractivity contribution is 0.156. The second-order valence-corrected chi connectivity index (χ2v) is 3.66. The maximum atomic E-state index is 13.5. The Bertz CT molecular complexity index is 355. The van der Waals surface area contributed by atoms with Crippen molar-refractivity contribution in [3.63, 3.8) is 0 Å². The molecule has 1 aromatic rings. The van der Waals surface area contributed by atoms with Crippen LogP contribution in [-0.4, -0.2) is 25.1 Å². The maximum absolute atomic E-state index is 13.5. The molecular weight excluding hydrogens is 219 g/mol. The molecule has 0 heterocycles. The van der Waals surface area contributed by atoms with Gasteiger partial charge in [0.25, 0.3) is 6.43 Å². The van der Waals surface area contributed by atoms with Crippen molar-refractivity contribution < 1.29 is 18.3 Å². The monoisotopic (exact) mass is 233 g/mol. The molecule has 0 amide bonds. The first-order chi connectivity index (χ1) is 7.41. The smallest absolute Gasteiger partial charge is 0.255 e. The van der Waals surface area contributed by atoms with Gasteiger partial charge in [-0.15, -0.1) is 0 Å². The number of hydrogen-bond acceptors (Lipinski definition) is 2. The number of rotatable bonds is 4. The van der Waals surface area contributed by atoms with E-state index in [-0.39, 0.29) is 5.69 Å². The van der Waals surface area contributed by atoms with E-state index in [9.17, 15) is 18.3 Å². The first kappa shape index (κ1) is 12.8. The van der Waals surface area contributed by atoms with Crippen molar-refractivity contribution in [3.05, 3.63) is 29.6 Å². The molecule has 0 radical (unpaired) electrons. The molecule has 0 saturated heterocycles. The summed E-state index contributed by atoms with van der Waals surface area (Å²) < 4.78 is 37.7. The zero-order valence-corrected chi connectivity index (χ0v) is 9.12. The number of nitrogens with zero attached hydrogens (tertiary/aromatic N) is 1. The van der Waals surface area contributed by atoms with Gasteiger partial charge in [-0.1, -0.05) is 6.07 Å². The van der Waals surface area contributed by atoms with Crippen LogP contribution >= 0.6 is 0 Å². The first-order valence-electron chi connectivity index (χ1n) is 4.88. The number of aliphatic hydroxyl groups excluding tert-OH is 1. The zero-order valence-electron chi connectivity index (χ0n) is 9.12. The highest BCUT2D eigenvalue weighted by Crippen LogP contribution is 2.23. The third-order valence-corrected chi connectivity index (χ3v) is 2.28. The summed E-state index contributed by atoms with van der Waals surface area (Å²) in [6.07, 6.45) is -3.29. The van der Waals surface area contributed by atoms with Gasteiger partial charge < -0.3 is 10.0 Å². The van der Waals surface area contributed by atoms with Crippen LogP contribution in [0.2, 0.25) is 0 Å². The fourth-order valence-electron chi connectivity index (χ4n) is 1.40. The van der Waals surface area contributed by atoms with E-state index in [1.54, 1.807) is 0 Å².